The molecule has 5 nitrogen and oxygen atoms in total. The van der Waals surface area contributed by atoms with Crippen molar-refractivity contribution in [2.45, 2.75) is 26.2 Å². The zero-order chi connectivity index (χ0) is 13.9. The fourth-order valence-electron chi connectivity index (χ4n) is 2.49. The summed E-state index contributed by atoms with van der Waals surface area (Å²) in [6.07, 6.45) is 3.43. The Bertz CT molecular complexity index is 470. The largest absolute Gasteiger partial charge is 0.478 e. The molecule has 1 aromatic rings. The number of carboxylic acids is 1. The van der Waals surface area contributed by atoms with Crippen LogP contribution in [0.1, 0.15) is 35.3 Å². The highest BCUT2D eigenvalue weighted by Crippen LogP contribution is 2.41. The van der Waals surface area contributed by atoms with E-state index in [9.17, 15) is 4.79 Å². The minimum Gasteiger partial charge on any atom is -0.478 e. The van der Waals surface area contributed by atoms with Crippen molar-refractivity contribution in [3.05, 3.63) is 23.4 Å². The number of ether oxygens (including phenoxy) is 1. The zero-order valence-electron chi connectivity index (χ0n) is 11.4. The van der Waals surface area contributed by atoms with Crippen molar-refractivity contribution in [3.8, 4) is 0 Å². The molecule has 104 valence electrons. The Hall–Kier alpha value is -1.62. The average Bonchev–Trinajstić information content (AvgIpc) is 2.32. The van der Waals surface area contributed by atoms with E-state index in [1.165, 1.54) is 6.42 Å². The van der Waals surface area contributed by atoms with Gasteiger partial charge in [0, 0.05) is 24.8 Å². The highest BCUT2D eigenvalue weighted by atomic mass is 16.5. The third kappa shape index (κ3) is 3.04. The molecule has 0 aliphatic heterocycles. The molecule has 5 heteroatoms. The molecule has 0 unspecified atom stereocenters. The molecule has 0 atom stereocenters. The van der Waals surface area contributed by atoms with Gasteiger partial charge in [-0.1, -0.05) is 6.42 Å². The standard InChI is InChI=1S/C14H20N2O3/c1-10-4-5-11(13(17)18)12(16-10)15-8-14(9-19-2)6-3-7-14/h4-5H,3,6-9H2,1-2H3,(H,15,16)(H,17,18). The molecule has 1 saturated carbocycles. The maximum Gasteiger partial charge on any atom is 0.339 e. The Morgan fingerprint density at radius 2 is 2.26 bits per heavy atom. The van der Waals surface area contributed by atoms with Gasteiger partial charge in [0.2, 0.25) is 0 Å². The van der Waals surface area contributed by atoms with Gasteiger partial charge in [0.05, 0.1) is 6.61 Å². The molecular formula is C14H20N2O3. The van der Waals surface area contributed by atoms with Crippen LogP contribution in [0.2, 0.25) is 0 Å². The van der Waals surface area contributed by atoms with E-state index in [2.05, 4.69) is 10.3 Å². The van der Waals surface area contributed by atoms with Crippen LogP contribution < -0.4 is 5.32 Å². The summed E-state index contributed by atoms with van der Waals surface area (Å²) in [7, 11) is 1.70. The second kappa shape index (κ2) is 5.57. The summed E-state index contributed by atoms with van der Waals surface area (Å²) < 4.78 is 5.26. The number of aryl methyl sites for hydroxylation is 1. The predicted molar refractivity (Wildman–Crippen MR) is 72.6 cm³/mol. The van der Waals surface area contributed by atoms with Crippen molar-refractivity contribution in [3.63, 3.8) is 0 Å². The van der Waals surface area contributed by atoms with Crippen LogP contribution in [0.25, 0.3) is 0 Å². The van der Waals surface area contributed by atoms with Gasteiger partial charge < -0.3 is 15.2 Å². The van der Waals surface area contributed by atoms with Crippen LogP contribution in [0.15, 0.2) is 12.1 Å². The van der Waals surface area contributed by atoms with Crippen LogP contribution in [0.5, 0.6) is 0 Å². The molecule has 0 radical (unpaired) electrons. The number of aromatic nitrogens is 1. The van der Waals surface area contributed by atoms with E-state index in [-0.39, 0.29) is 11.0 Å². The molecule has 2 N–H and O–H groups in total. The van der Waals surface area contributed by atoms with E-state index in [1.807, 2.05) is 6.92 Å². The van der Waals surface area contributed by atoms with Gasteiger partial charge in [-0.05, 0) is 31.9 Å². The molecule has 0 spiro atoms. The minimum atomic E-state index is -0.954. The van der Waals surface area contributed by atoms with E-state index >= 15 is 0 Å². The number of anilines is 1. The third-order valence-electron chi connectivity index (χ3n) is 3.76. The Kier molecular flexibility index (Phi) is 4.04. The Balaban J connectivity index is 2.10. The van der Waals surface area contributed by atoms with Crippen molar-refractivity contribution in [1.82, 2.24) is 4.98 Å². The van der Waals surface area contributed by atoms with Crippen molar-refractivity contribution in [2.75, 3.05) is 25.6 Å². The highest BCUT2D eigenvalue weighted by molar-refractivity contribution is 5.93. The molecule has 1 heterocycles. The first-order valence-corrected chi connectivity index (χ1v) is 6.50. The van der Waals surface area contributed by atoms with Gasteiger partial charge in [-0.15, -0.1) is 0 Å². The molecule has 1 aliphatic rings. The summed E-state index contributed by atoms with van der Waals surface area (Å²) in [6, 6.07) is 3.31. The lowest BCUT2D eigenvalue weighted by atomic mass is 9.69. The first-order valence-electron chi connectivity index (χ1n) is 6.50. The molecule has 0 amide bonds. The predicted octanol–water partition coefficient (Wildman–Crippen LogP) is 2.32. The second-order valence-electron chi connectivity index (χ2n) is 5.29. The summed E-state index contributed by atoms with van der Waals surface area (Å²) in [4.78, 5) is 15.4. The van der Waals surface area contributed by atoms with Gasteiger partial charge in [-0.3, -0.25) is 0 Å². The minimum absolute atomic E-state index is 0.135. The number of nitrogens with zero attached hydrogens (tertiary/aromatic N) is 1. The number of nitrogens with one attached hydrogen (secondary N) is 1. The van der Waals surface area contributed by atoms with Crippen molar-refractivity contribution in [1.29, 1.82) is 0 Å². The van der Waals surface area contributed by atoms with Crippen molar-refractivity contribution in [2.24, 2.45) is 5.41 Å². The summed E-state index contributed by atoms with van der Waals surface area (Å²) in [5.74, 6) is -0.501. The van der Waals surface area contributed by atoms with E-state index in [0.717, 1.165) is 18.5 Å². The quantitative estimate of drug-likeness (QED) is 0.825. The lowest BCUT2D eigenvalue weighted by Crippen LogP contribution is -2.40. The molecule has 0 aromatic carbocycles. The van der Waals surface area contributed by atoms with Crippen LogP contribution in [0.3, 0.4) is 0 Å². The van der Waals surface area contributed by atoms with Crippen molar-refractivity contribution < 1.29 is 14.6 Å². The Morgan fingerprint density at radius 3 is 2.79 bits per heavy atom. The van der Waals surface area contributed by atoms with E-state index in [1.54, 1.807) is 19.2 Å². The van der Waals surface area contributed by atoms with Gasteiger partial charge in [-0.25, -0.2) is 9.78 Å². The number of pyridine rings is 1. The molecule has 1 aromatic heterocycles. The zero-order valence-corrected chi connectivity index (χ0v) is 11.4. The number of rotatable bonds is 6. The van der Waals surface area contributed by atoms with Crippen LogP contribution in [-0.2, 0) is 4.74 Å². The number of hydrogen-bond acceptors (Lipinski definition) is 4. The SMILES string of the molecule is COCC1(CNc2nc(C)ccc2C(=O)O)CCC1. The number of methoxy groups -OCH3 is 1. The molecule has 2 rings (SSSR count). The average molecular weight is 264 g/mol. The monoisotopic (exact) mass is 264 g/mol. The fourth-order valence-corrected chi connectivity index (χ4v) is 2.49. The maximum atomic E-state index is 11.2. The number of hydrogen-bond donors (Lipinski definition) is 2. The van der Waals surface area contributed by atoms with Gasteiger partial charge in [0.1, 0.15) is 11.4 Å². The summed E-state index contributed by atoms with van der Waals surface area (Å²) in [5, 5.41) is 12.3. The number of carboxylic acid groups (broad SMARTS) is 1. The third-order valence-corrected chi connectivity index (χ3v) is 3.76. The van der Waals surface area contributed by atoms with Crippen LogP contribution in [0, 0.1) is 12.3 Å². The summed E-state index contributed by atoms with van der Waals surface area (Å²) in [6.45, 7) is 3.26. The molecule has 1 aliphatic carbocycles. The van der Waals surface area contributed by atoms with Crippen LogP contribution in [-0.4, -0.2) is 36.3 Å². The lowest BCUT2D eigenvalue weighted by Gasteiger charge is -2.41. The fraction of sp³-hybridized carbons (Fsp3) is 0.571. The highest BCUT2D eigenvalue weighted by Gasteiger charge is 2.37. The lowest BCUT2D eigenvalue weighted by molar-refractivity contribution is 0.0282. The summed E-state index contributed by atoms with van der Waals surface area (Å²) >= 11 is 0. The van der Waals surface area contributed by atoms with Crippen molar-refractivity contribution >= 4 is 11.8 Å². The van der Waals surface area contributed by atoms with Gasteiger partial charge in [0.25, 0.3) is 0 Å². The molecule has 0 saturated heterocycles. The summed E-state index contributed by atoms with van der Waals surface area (Å²) in [5.41, 5.74) is 1.16. The van der Waals surface area contributed by atoms with Gasteiger partial charge in [0.15, 0.2) is 0 Å². The molecule has 0 bridgehead atoms. The number of aromatic carboxylic acids is 1. The Labute approximate surface area is 113 Å². The smallest absolute Gasteiger partial charge is 0.339 e. The normalized spacial score (nSPS) is 16.7. The number of carbonyl (C=O) groups is 1. The first-order chi connectivity index (χ1) is 9.06. The Morgan fingerprint density at radius 1 is 1.53 bits per heavy atom. The van der Waals surface area contributed by atoms with Crippen LogP contribution >= 0.6 is 0 Å². The van der Waals surface area contributed by atoms with E-state index in [4.69, 9.17) is 9.84 Å². The van der Waals surface area contributed by atoms with Crippen LogP contribution in [0.4, 0.5) is 5.82 Å². The van der Waals surface area contributed by atoms with Gasteiger partial charge in [-0.2, -0.15) is 0 Å². The van der Waals surface area contributed by atoms with Gasteiger partial charge >= 0.3 is 5.97 Å². The maximum absolute atomic E-state index is 11.2. The second-order valence-corrected chi connectivity index (χ2v) is 5.29. The molecule has 19 heavy (non-hydrogen) atoms. The molecular weight excluding hydrogens is 244 g/mol. The molecule has 1 fully saturated rings. The first kappa shape index (κ1) is 13.8. The van der Waals surface area contributed by atoms with E-state index < -0.39 is 5.97 Å². The van der Waals surface area contributed by atoms with E-state index in [0.29, 0.717) is 19.0 Å². The topological polar surface area (TPSA) is 71.5 Å².